The molecule has 7 nitrogen and oxygen atoms in total. The highest BCUT2D eigenvalue weighted by Crippen LogP contribution is 2.32. The third kappa shape index (κ3) is 3.74. The van der Waals surface area contributed by atoms with E-state index in [0.29, 0.717) is 19.0 Å². The van der Waals surface area contributed by atoms with Gasteiger partial charge in [0.2, 0.25) is 0 Å². The SMILES string of the molecule is Cc1c(N2CCOCC2)ccc2c(CCC3CCN(C(=O)O)CC3)noc12. The lowest BCUT2D eigenvalue weighted by Crippen LogP contribution is -2.37. The normalized spacial score (nSPS) is 19.0. The van der Waals surface area contributed by atoms with Gasteiger partial charge in [-0.15, -0.1) is 0 Å². The Bertz CT molecular complexity index is 805. The summed E-state index contributed by atoms with van der Waals surface area (Å²) in [4.78, 5) is 14.9. The number of aromatic nitrogens is 1. The van der Waals surface area contributed by atoms with Crippen LogP contribution in [0.15, 0.2) is 16.7 Å². The van der Waals surface area contributed by atoms with Crippen LogP contribution in [-0.4, -0.2) is 60.6 Å². The zero-order chi connectivity index (χ0) is 18.8. The number of aryl methyl sites for hydroxylation is 2. The van der Waals surface area contributed by atoms with Crippen LogP contribution < -0.4 is 4.90 Å². The molecule has 0 saturated carbocycles. The lowest BCUT2D eigenvalue weighted by molar-refractivity contribution is 0.122. The fraction of sp³-hybridized carbons (Fsp3) is 0.600. The number of carboxylic acid groups (broad SMARTS) is 1. The van der Waals surface area contributed by atoms with Gasteiger partial charge in [0.1, 0.15) is 0 Å². The monoisotopic (exact) mass is 373 g/mol. The standard InChI is InChI=1S/C20H27N3O4/c1-14-18(22-10-12-26-13-11-22)5-3-16-17(21-27-19(14)16)4-2-15-6-8-23(9-7-15)20(24)25/h3,5,15H,2,4,6-13H2,1H3,(H,24,25). The van der Waals surface area contributed by atoms with Gasteiger partial charge in [-0.1, -0.05) is 5.16 Å². The first-order valence-electron chi connectivity index (χ1n) is 9.82. The van der Waals surface area contributed by atoms with Crippen LogP contribution >= 0.6 is 0 Å². The molecule has 1 aromatic carbocycles. The van der Waals surface area contributed by atoms with Crippen molar-refractivity contribution >= 4 is 22.7 Å². The Balaban J connectivity index is 1.43. The van der Waals surface area contributed by atoms with E-state index in [9.17, 15) is 4.79 Å². The molecule has 0 atom stereocenters. The lowest BCUT2D eigenvalue weighted by atomic mass is 9.91. The molecule has 2 aliphatic heterocycles. The number of carbonyl (C=O) groups is 1. The summed E-state index contributed by atoms with van der Waals surface area (Å²) in [6.45, 7) is 6.72. The van der Waals surface area contributed by atoms with Crippen LogP contribution in [0.3, 0.4) is 0 Å². The summed E-state index contributed by atoms with van der Waals surface area (Å²) in [5.74, 6) is 0.557. The van der Waals surface area contributed by atoms with E-state index in [1.807, 2.05) is 0 Å². The van der Waals surface area contributed by atoms with Crippen molar-refractivity contribution in [3.63, 3.8) is 0 Å². The molecule has 4 rings (SSSR count). The second-order valence-electron chi connectivity index (χ2n) is 7.57. The van der Waals surface area contributed by atoms with Crippen LogP contribution in [0.2, 0.25) is 0 Å². The van der Waals surface area contributed by atoms with Crippen molar-refractivity contribution < 1.29 is 19.2 Å². The molecule has 0 aliphatic carbocycles. The number of hydrogen-bond acceptors (Lipinski definition) is 5. The Morgan fingerprint density at radius 3 is 2.67 bits per heavy atom. The van der Waals surface area contributed by atoms with Crippen molar-refractivity contribution in [2.45, 2.75) is 32.6 Å². The lowest BCUT2D eigenvalue weighted by Gasteiger charge is -2.30. The maximum atomic E-state index is 11.0. The number of rotatable bonds is 4. The Morgan fingerprint density at radius 1 is 1.22 bits per heavy atom. The summed E-state index contributed by atoms with van der Waals surface area (Å²) < 4.78 is 11.2. The highest BCUT2D eigenvalue weighted by atomic mass is 16.5. The van der Waals surface area contributed by atoms with E-state index in [0.717, 1.165) is 74.2 Å². The summed E-state index contributed by atoms with van der Waals surface area (Å²) in [7, 11) is 0. The number of nitrogens with zero attached hydrogens (tertiary/aromatic N) is 3. The molecule has 7 heteroatoms. The Morgan fingerprint density at radius 2 is 1.96 bits per heavy atom. The van der Waals surface area contributed by atoms with Gasteiger partial charge in [-0.2, -0.15) is 0 Å². The molecule has 2 saturated heterocycles. The Kier molecular flexibility index (Phi) is 5.20. The number of fused-ring (bicyclic) bond motifs is 1. The minimum Gasteiger partial charge on any atom is -0.465 e. The average Bonchev–Trinajstić information content (AvgIpc) is 3.11. The van der Waals surface area contributed by atoms with Gasteiger partial charge in [0.15, 0.2) is 5.58 Å². The summed E-state index contributed by atoms with van der Waals surface area (Å²) >= 11 is 0. The van der Waals surface area contributed by atoms with Crippen LogP contribution in [0.25, 0.3) is 11.0 Å². The summed E-state index contributed by atoms with van der Waals surface area (Å²) in [6.07, 6.45) is 2.97. The quantitative estimate of drug-likeness (QED) is 0.886. The second-order valence-corrected chi connectivity index (χ2v) is 7.57. The molecule has 0 bridgehead atoms. The van der Waals surface area contributed by atoms with Gasteiger partial charge >= 0.3 is 6.09 Å². The first kappa shape index (κ1) is 18.1. The van der Waals surface area contributed by atoms with Crippen molar-refractivity contribution in [3.05, 3.63) is 23.4 Å². The molecule has 3 heterocycles. The maximum absolute atomic E-state index is 11.0. The van der Waals surface area contributed by atoms with Gasteiger partial charge in [-0.05, 0) is 50.7 Å². The third-order valence-corrected chi connectivity index (χ3v) is 5.96. The van der Waals surface area contributed by atoms with Crippen LogP contribution in [0, 0.1) is 12.8 Å². The van der Waals surface area contributed by atoms with Gasteiger partial charge in [0.05, 0.1) is 18.9 Å². The summed E-state index contributed by atoms with van der Waals surface area (Å²) in [5, 5.41) is 14.5. The number of piperidine rings is 1. The molecule has 2 fully saturated rings. The topological polar surface area (TPSA) is 79.0 Å². The van der Waals surface area contributed by atoms with E-state index in [4.69, 9.17) is 14.4 Å². The molecule has 27 heavy (non-hydrogen) atoms. The highest BCUT2D eigenvalue weighted by Gasteiger charge is 2.23. The Labute approximate surface area is 158 Å². The fourth-order valence-corrected chi connectivity index (χ4v) is 4.26. The molecule has 0 spiro atoms. The predicted molar refractivity (Wildman–Crippen MR) is 102 cm³/mol. The summed E-state index contributed by atoms with van der Waals surface area (Å²) in [6, 6.07) is 4.31. The number of anilines is 1. The largest absolute Gasteiger partial charge is 0.465 e. The zero-order valence-electron chi connectivity index (χ0n) is 15.8. The molecular formula is C20H27N3O4. The van der Waals surface area contributed by atoms with Gasteiger partial charge in [-0.3, -0.25) is 0 Å². The minimum absolute atomic E-state index is 0.557. The van der Waals surface area contributed by atoms with Crippen molar-refractivity contribution in [3.8, 4) is 0 Å². The number of ether oxygens (including phenoxy) is 1. The minimum atomic E-state index is -0.803. The average molecular weight is 373 g/mol. The highest BCUT2D eigenvalue weighted by molar-refractivity contribution is 5.87. The van der Waals surface area contributed by atoms with E-state index in [1.165, 1.54) is 10.6 Å². The van der Waals surface area contributed by atoms with Crippen molar-refractivity contribution in [2.24, 2.45) is 5.92 Å². The summed E-state index contributed by atoms with van der Waals surface area (Å²) in [5.41, 5.74) is 4.24. The Hall–Kier alpha value is -2.28. The smallest absolute Gasteiger partial charge is 0.407 e. The van der Waals surface area contributed by atoms with Crippen molar-refractivity contribution in [2.75, 3.05) is 44.3 Å². The van der Waals surface area contributed by atoms with Gasteiger partial charge in [0, 0.05) is 42.8 Å². The molecule has 0 radical (unpaired) electrons. The number of likely N-dealkylation sites (tertiary alicyclic amines) is 1. The first-order valence-corrected chi connectivity index (χ1v) is 9.82. The number of hydrogen-bond donors (Lipinski definition) is 1. The molecular weight excluding hydrogens is 346 g/mol. The van der Waals surface area contributed by atoms with E-state index in [-0.39, 0.29) is 0 Å². The molecule has 1 N–H and O–H groups in total. The number of benzene rings is 1. The fourth-order valence-electron chi connectivity index (χ4n) is 4.26. The zero-order valence-corrected chi connectivity index (χ0v) is 15.8. The molecule has 146 valence electrons. The molecule has 1 aromatic heterocycles. The van der Waals surface area contributed by atoms with Crippen molar-refractivity contribution in [1.82, 2.24) is 10.1 Å². The number of morpholine rings is 1. The van der Waals surface area contributed by atoms with Crippen molar-refractivity contribution in [1.29, 1.82) is 0 Å². The molecule has 2 aromatic rings. The first-order chi connectivity index (χ1) is 13.1. The predicted octanol–water partition coefficient (Wildman–Crippen LogP) is 3.30. The van der Waals surface area contributed by atoms with E-state index in [2.05, 4.69) is 29.1 Å². The third-order valence-electron chi connectivity index (χ3n) is 5.96. The van der Waals surface area contributed by atoms with E-state index >= 15 is 0 Å². The van der Waals surface area contributed by atoms with Crippen LogP contribution in [-0.2, 0) is 11.2 Å². The van der Waals surface area contributed by atoms with Crippen LogP contribution in [0.1, 0.15) is 30.5 Å². The molecule has 1 amide bonds. The molecule has 0 unspecified atom stereocenters. The van der Waals surface area contributed by atoms with Gasteiger partial charge in [-0.25, -0.2) is 4.79 Å². The number of amides is 1. The van der Waals surface area contributed by atoms with Crippen LogP contribution in [0.5, 0.6) is 0 Å². The second kappa shape index (κ2) is 7.76. The maximum Gasteiger partial charge on any atom is 0.407 e. The van der Waals surface area contributed by atoms with Gasteiger partial charge in [0.25, 0.3) is 0 Å². The molecule has 2 aliphatic rings. The van der Waals surface area contributed by atoms with E-state index < -0.39 is 6.09 Å². The van der Waals surface area contributed by atoms with E-state index in [1.54, 1.807) is 0 Å². The van der Waals surface area contributed by atoms with Crippen LogP contribution in [0.4, 0.5) is 10.5 Å². The van der Waals surface area contributed by atoms with Gasteiger partial charge < -0.3 is 24.2 Å².